The second-order valence-electron chi connectivity index (χ2n) is 5.56. The molecular weight excluding hydrogens is 330 g/mol. The van der Waals surface area contributed by atoms with E-state index in [9.17, 15) is 8.42 Å². The maximum Gasteiger partial charge on any atom is 0.238 e. The van der Waals surface area contributed by atoms with Crippen molar-refractivity contribution in [3.05, 3.63) is 42.9 Å². The molecule has 1 aromatic heterocycles. The largest absolute Gasteiger partial charge is 0.437 e. The summed E-state index contributed by atoms with van der Waals surface area (Å²) in [6.07, 6.45) is 6.50. The molecule has 2 aromatic rings. The minimum absolute atomic E-state index is 0.262. The highest BCUT2D eigenvalue weighted by Gasteiger charge is 2.37. The highest BCUT2D eigenvalue weighted by atomic mass is 32.2. The Bertz CT molecular complexity index is 783. The first kappa shape index (κ1) is 16.7. The van der Waals surface area contributed by atoms with Crippen molar-refractivity contribution in [2.45, 2.75) is 30.6 Å². The highest BCUT2D eigenvalue weighted by Crippen LogP contribution is 2.30. The molecule has 7 nitrogen and oxygen atoms in total. The summed E-state index contributed by atoms with van der Waals surface area (Å²) in [5.41, 5.74) is 0.443. The number of sulfonamides is 1. The van der Waals surface area contributed by atoms with Crippen LogP contribution >= 0.6 is 0 Å². The third kappa shape index (κ3) is 3.82. The molecule has 8 heteroatoms. The molecule has 1 aliphatic carbocycles. The number of nitrogens with one attached hydrogen (secondary N) is 1. The van der Waals surface area contributed by atoms with Crippen LogP contribution in [0.15, 0.2) is 42.9 Å². The van der Waals surface area contributed by atoms with E-state index < -0.39 is 15.3 Å². The molecule has 2 atom stereocenters. The number of hydrogen-bond acceptors (Lipinski definition) is 6. The molecule has 1 saturated carbocycles. The van der Waals surface area contributed by atoms with Gasteiger partial charge in [-0.25, -0.2) is 13.4 Å². The van der Waals surface area contributed by atoms with Crippen LogP contribution in [-0.2, 0) is 14.8 Å². The lowest BCUT2D eigenvalue weighted by molar-refractivity contribution is 0.111. The topological polar surface area (TPSA) is 90.4 Å². The SMILES string of the molecule is COC1CCCC1S(=O)(=O)Nc1cccc(Oc2cnccn2)c1. The van der Waals surface area contributed by atoms with E-state index in [0.717, 1.165) is 12.8 Å². The molecule has 3 rings (SSSR count). The fourth-order valence-corrected chi connectivity index (χ4v) is 4.57. The monoisotopic (exact) mass is 349 g/mol. The van der Waals surface area contributed by atoms with E-state index in [-0.39, 0.29) is 6.10 Å². The molecule has 1 aliphatic rings. The van der Waals surface area contributed by atoms with Crippen LogP contribution < -0.4 is 9.46 Å². The van der Waals surface area contributed by atoms with Crippen LogP contribution in [-0.4, -0.2) is 36.8 Å². The van der Waals surface area contributed by atoms with Crippen LogP contribution in [0, 0.1) is 0 Å². The fourth-order valence-electron chi connectivity index (χ4n) is 2.84. The van der Waals surface area contributed by atoms with E-state index in [1.54, 1.807) is 37.6 Å². The molecule has 0 saturated heterocycles. The number of hydrogen-bond donors (Lipinski definition) is 1. The molecule has 1 aromatic carbocycles. The Hall–Kier alpha value is -2.19. The predicted octanol–water partition coefficient (Wildman–Crippen LogP) is 2.58. The Balaban J connectivity index is 1.74. The maximum absolute atomic E-state index is 12.6. The maximum atomic E-state index is 12.6. The third-order valence-corrected chi connectivity index (χ3v) is 5.81. The second kappa shape index (κ2) is 7.14. The average molecular weight is 349 g/mol. The summed E-state index contributed by atoms with van der Waals surface area (Å²) >= 11 is 0. The zero-order chi connectivity index (χ0) is 17.0. The van der Waals surface area contributed by atoms with E-state index in [1.165, 1.54) is 12.4 Å². The molecule has 0 aliphatic heterocycles. The van der Waals surface area contributed by atoms with Crippen LogP contribution in [0.4, 0.5) is 5.69 Å². The van der Waals surface area contributed by atoms with E-state index >= 15 is 0 Å². The lowest BCUT2D eigenvalue weighted by atomic mass is 10.3. The quantitative estimate of drug-likeness (QED) is 0.862. The van der Waals surface area contributed by atoms with Crippen LogP contribution in [0.2, 0.25) is 0 Å². The van der Waals surface area contributed by atoms with Crippen LogP contribution in [0.3, 0.4) is 0 Å². The molecule has 0 spiro atoms. The molecule has 1 N–H and O–H groups in total. The van der Waals surface area contributed by atoms with Crippen LogP contribution in [0.1, 0.15) is 19.3 Å². The Labute approximate surface area is 141 Å². The van der Waals surface area contributed by atoms with Crippen molar-refractivity contribution in [1.29, 1.82) is 0 Å². The van der Waals surface area contributed by atoms with E-state index in [0.29, 0.717) is 23.7 Å². The normalized spacial score (nSPS) is 20.7. The molecule has 0 radical (unpaired) electrons. The van der Waals surface area contributed by atoms with E-state index in [2.05, 4.69) is 14.7 Å². The first-order valence-corrected chi connectivity index (χ1v) is 9.21. The molecular formula is C16H19N3O4S. The zero-order valence-electron chi connectivity index (χ0n) is 13.3. The van der Waals surface area contributed by atoms with Gasteiger partial charge in [-0.3, -0.25) is 9.71 Å². The van der Waals surface area contributed by atoms with Crippen molar-refractivity contribution >= 4 is 15.7 Å². The number of aromatic nitrogens is 2. The molecule has 2 unspecified atom stereocenters. The van der Waals surface area contributed by atoms with Crippen molar-refractivity contribution < 1.29 is 17.9 Å². The lowest BCUT2D eigenvalue weighted by Crippen LogP contribution is -2.35. The summed E-state index contributed by atoms with van der Waals surface area (Å²) in [6, 6.07) is 6.73. The highest BCUT2D eigenvalue weighted by molar-refractivity contribution is 7.93. The van der Waals surface area contributed by atoms with Gasteiger partial charge in [-0.15, -0.1) is 0 Å². The first-order chi connectivity index (χ1) is 11.6. The van der Waals surface area contributed by atoms with Gasteiger partial charge >= 0.3 is 0 Å². The molecule has 1 fully saturated rings. The minimum atomic E-state index is -3.52. The molecule has 0 amide bonds. The van der Waals surface area contributed by atoms with Gasteiger partial charge in [0.25, 0.3) is 0 Å². The summed E-state index contributed by atoms with van der Waals surface area (Å²) in [5, 5.41) is -0.535. The van der Waals surface area contributed by atoms with E-state index in [1.807, 2.05) is 0 Å². The van der Waals surface area contributed by atoms with Gasteiger partial charge in [-0.2, -0.15) is 0 Å². The van der Waals surface area contributed by atoms with Gasteiger partial charge in [0.2, 0.25) is 15.9 Å². The third-order valence-electron chi connectivity index (χ3n) is 3.95. The van der Waals surface area contributed by atoms with Gasteiger partial charge in [0, 0.05) is 25.6 Å². The summed E-state index contributed by atoms with van der Waals surface area (Å²) in [4.78, 5) is 7.94. The standard InChI is InChI=1S/C16H19N3O4S/c1-22-14-6-3-7-15(14)24(20,21)19-12-4-2-5-13(10-12)23-16-11-17-8-9-18-16/h2,4-5,8-11,14-15,19H,3,6-7H2,1H3. The summed E-state index contributed by atoms with van der Waals surface area (Å²) in [7, 11) is -1.97. The Kier molecular flexibility index (Phi) is 4.96. The Morgan fingerprint density at radius 1 is 1.25 bits per heavy atom. The van der Waals surface area contributed by atoms with Gasteiger partial charge in [0.1, 0.15) is 11.0 Å². The van der Waals surface area contributed by atoms with Gasteiger partial charge in [-0.05, 0) is 31.4 Å². The predicted molar refractivity (Wildman–Crippen MR) is 89.5 cm³/mol. The summed E-state index contributed by atoms with van der Waals surface area (Å²) in [6.45, 7) is 0. The molecule has 128 valence electrons. The van der Waals surface area contributed by atoms with Gasteiger partial charge in [0.05, 0.1) is 18.0 Å². The van der Waals surface area contributed by atoms with E-state index in [4.69, 9.17) is 9.47 Å². The number of benzene rings is 1. The molecule has 24 heavy (non-hydrogen) atoms. The number of anilines is 1. The Morgan fingerprint density at radius 2 is 2.12 bits per heavy atom. The van der Waals surface area contributed by atoms with Crippen molar-refractivity contribution in [3.8, 4) is 11.6 Å². The van der Waals surface area contributed by atoms with Crippen molar-refractivity contribution in [2.75, 3.05) is 11.8 Å². The van der Waals surface area contributed by atoms with Gasteiger partial charge in [0.15, 0.2) is 0 Å². The van der Waals surface area contributed by atoms with Crippen molar-refractivity contribution in [2.24, 2.45) is 0 Å². The number of methoxy groups -OCH3 is 1. The number of nitrogens with zero attached hydrogens (tertiary/aromatic N) is 2. The van der Waals surface area contributed by atoms with Crippen LogP contribution in [0.25, 0.3) is 0 Å². The number of rotatable bonds is 6. The van der Waals surface area contributed by atoms with Crippen LogP contribution in [0.5, 0.6) is 11.6 Å². The van der Waals surface area contributed by atoms with Gasteiger partial charge < -0.3 is 9.47 Å². The lowest BCUT2D eigenvalue weighted by Gasteiger charge is -2.19. The van der Waals surface area contributed by atoms with Crippen molar-refractivity contribution in [3.63, 3.8) is 0 Å². The molecule has 0 bridgehead atoms. The first-order valence-electron chi connectivity index (χ1n) is 7.67. The van der Waals surface area contributed by atoms with Gasteiger partial charge in [-0.1, -0.05) is 6.07 Å². The zero-order valence-corrected chi connectivity index (χ0v) is 14.1. The Morgan fingerprint density at radius 3 is 2.88 bits per heavy atom. The number of ether oxygens (including phenoxy) is 2. The molecule has 1 heterocycles. The fraction of sp³-hybridized carbons (Fsp3) is 0.375. The summed E-state index contributed by atoms with van der Waals surface area (Å²) in [5.74, 6) is 0.818. The smallest absolute Gasteiger partial charge is 0.238 e. The summed E-state index contributed by atoms with van der Waals surface area (Å²) < 4.78 is 38.7. The minimum Gasteiger partial charge on any atom is -0.437 e. The second-order valence-corrected chi connectivity index (χ2v) is 7.46. The van der Waals surface area contributed by atoms with Crippen molar-refractivity contribution in [1.82, 2.24) is 9.97 Å². The average Bonchev–Trinajstić information content (AvgIpc) is 3.05.